The van der Waals surface area contributed by atoms with Crippen LogP contribution in [0, 0.1) is 6.92 Å². The fourth-order valence-corrected chi connectivity index (χ4v) is 2.84. The van der Waals surface area contributed by atoms with Crippen molar-refractivity contribution in [3.05, 3.63) is 39.4 Å². The molecule has 0 bridgehead atoms. The maximum absolute atomic E-state index is 6.48. The third-order valence-electron chi connectivity index (χ3n) is 3.26. The van der Waals surface area contributed by atoms with Crippen molar-refractivity contribution in [1.29, 1.82) is 0 Å². The molecule has 0 aromatic carbocycles. The standard InChI is InChI=1S/C14H20BrN5/c1-4-6-20-14(11(15)8-17-20)13(16)10-7-9(3)18-19-12(10)5-2/h7-8,13H,4-6,16H2,1-3H3. The third kappa shape index (κ3) is 2.91. The largest absolute Gasteiger partial charge is 0.319 e. The van der Waals surface area contributed by atoms with E-state index in [0.29, 0.717) is 0 Å². The van der Waals surface area contributed by atoms with Crippen molar-refractivity contribution >= 4 is 15.9 Å². The van der Waals surface area contributed by atoms with Crippen LogP contribution in [0.15, 0.2) is 16.7 Å². The Labute approximate surface area is 127 Å². The Balaban J connectivity index is 2.48. The molecule has 0 saturated heterocycles. The van der Waals surface area contributed by atoms with E-state index in [9.17, 15) is 0 Å². The number of nitrogens with zero attached hydrogens (tertiary/aromatic N) is 4. The van der Waals surface area contributed by atoms with Gasteiger partial charge in [-0.1, -0.05) is 13.8 Å². The minimum atomic E-state index is -0.248. The maximum Gasteiger partial charge on any atom is 0.0753 e. The highest BCUT2D eigenvalue weighted by Gasteiger charge is 2.21. The van der Waals surface area contributed by atoms with Gasteiger partial charge in [-0.25, -0.2) is 0 Å². The molecule has 108 valence electrons. The van der Waals surface area contributed by atoms with Crippen LogP contribution in [0.2, 0.25) is 0 Å². The van der Waals surface area contributed by atoms with Crippen LogP contribution in [0.3, 0.4) is 0 Å². The lowest BCUT2D eigenvalue weighted by Crippen LogP contribution is -2.20. The van der Waals surface area contributed by atoms with E-state index < -0.39 is 0 Å². The molecule has 2 aromatic rings. The minimum Gasteiger partial charge on any atom is -0.319 e. The predicted molar refractivity (Wildman–Crippen MR) is 82.4 cm³/mol. The van der Waals surface area contributed by atoms with Gasteiger partial charge in [0.05, 0.1) is 33.8 Å². The number of hydrogen-bond acceptors (Lipinski definition) is 4. The Hall–Kier alpha value is -1.27. The second-order valence-corrected chi connectivity index (χ2v) is 5.67. The van der Waals surface area contributed by atoms with E-state index in [2.05, 4.69) is 45.1 Å². The monoisotopic (exact) mass is 337 g/mol. The molecule has 2 rings (SSSR count). The summed E-state index contributed by atoms with van der Waals surface area (Å²) in [6, 6.07) is 1.77. The minimum absolute atomic E-state index is 0.248. The molecular formula is C14H20BrN5. The van der Waals surface area contributed by atoms with Gasteiger partial charge in [0.1, 0.15) is 0 Å². The van der Waals surface area contributed by atoms with Gasteiger partial charge in [-0.15, -0.1) is 0 Å². The summed E-state index contributed by atoms with van der Waals surface area (Å²) in [4.78, 5) is 0. The highest BCUT2D eigenvalue weighted by atomic mass is 79.9. The highest BCUT2D eigenvalue weighted by Crippen LogP contribution is 2.28. The molecule has 0 saturated carbocycles. The number of halogens is 1. The number of nitrogens with two attached hydrogens (primary N) is 1. The van der Waals surface area contributed by atoms with E-state index in [4.69, 9.17) is 5.73 Å². The van der Waals surface area contributed by atoms with E-state index in [1.54, 1.807) is 6.20 Å². The Kier molecular flexibility index (Phi) is 4.88. The van der Waals surface area contributed by atoms with Crippen molar-refractivity contribution in [2.75, 3.05) is 0 Å². The molecular weight excluding hydrogens is 318 g/mol. The number of rotatable bonds is 5. The van der Waals surface area contributed by atoms with Crippen molar-refractivity contribution in [3.8, 4) is 0 Å². The fourth-order valence-electron chi connectivity index (χ4n) is 2.30. The Bertz CT molecular complexity index is 593. The van der Waals surface area contributed by atoms with Crippen LogP contribution in [-0.4, -0.2) is 20.0 Å². The van der Waals surface area contributed by atoms with Gasteiger partial charge in [0.15, 0.2) is 0 Å². The fraction of sp³-hybridized carbons (Fsp3) is 0.500. The summed E-state index contributed by atoms with van der Waals surface area (Å²) in [5, 5.41) is 12.8. The van der Waals surface area contributed by atoms with Crippen molar-refractivity contribution in [2.45, 2.75) is 46.2 Å². The van der Waals surface area contributed by atoms with Crippen LogP contribution in [0.25, 0.3) is 0 Å². The van der Waals surface area contributed by atoms with Gasteiger partial charge in [0, 0.05) is 12.1 Å². The molecule has 1 atom stereocenters. The maximum atomic E-state index is 6.48. The van der Waals surface area contributed by atoms with Crippen molar-refractivity contribution in [3.63, 3.8) is 0 Å². The van der Waals surface area contributed by atoms with E-state index >= 15 is 0 Å². The van der Waals surface area contributed by atoms with Crippen LogP contribution in [-0.2, 0) is 13.0 Å². The zero-order valence-corrected chi connectivity index (χ0v) is 13.7. The first-order valence-corrected chi connectivity index (χ1v) is 7.67. The predicted octanol–water partition coefficient (Wildman–Crippen LogP) is 2.76. The van der Waals surface area contributed by atoms with Crippen molar-refractivity contribution in [1.82, 2.24) is 20.0 Å². The first-order chi connectivity index (χ1) is 9.58. The third-order valence-corrected chi connectivity index (χ3v) is 3.87. The van der Waals surface area contributed by atoms with Gasteiger partial charge < -0.3 is 5.73 Å². The molecule has 2 aromatic heterocycles. The molecule has 0 radical (unpaired) electrons. The number of hydrogen-bond donors (Lipinski definition) is 1. The van der Waals surface area contributed by atoms with Gasteiger partial charge in [-0.3, -0.25) is 4.68 Å². The van der Waals surface area contributed by atoms with Gasteiger partial charge in [-0.2, -0.15) is 15.3 Å². The van der Waals surface area contributed by atoms with Crippen LogP contribution in [0.1, 0.15) is 49.0 Å². The summed E-state index contributed by atoms with van der Waals surface area (Å²) in [6.45, 7) is 6.98. The molecule has 0 aliphatic heterocycles. The molecule has 0 aliphatic rings. The SMILES string of the molecule is CCCn1ncc(Br)c1C(N)c1cc(C)nnc1CC. The summed E-state index contributed by atoms with van der Waals surface area (Å²) < 4.78 is 2.90. The highest BCUT2D eigenvalue weighted by molar-refractivity contribution is 9.10. The zero-order valence-electron chi connectivity index (χ0n) is 12.1. The van der Waals surface area contributed by atoms with Gasteiger partial charge in [-0.05, 0) is 41.8 Å². The summed E-state index contributed by atoms with van der Waals surface area (Å²) in [7, 11) is 0. The molecule has 0 fully saturated rings. The second-order valence-electron chi connectivity index (χ2n) is 4.82. The van der Waals surface area contributed by atoms with Crippen LogP contribution < -0.4 is 5.73 Å². The molecule has 0 aliphatic carbocycles. The Morgan fingerprint density at radius 3 is 2.75 bits per heavy atom. The average molecular weight is 338 g/mol. The van der Waals surface area contributed by atoms with E-state index in [0.717, 1.165) is 46.5 Å². The van der Waals surface area contributed by atoms with Crippen LogP contribution >= 0.6 is 15.9 Å². The number of aromatic nitrogens is 4. The van der Waals surface area contributed by atoms with E-state index in [1.807, 2.05) is 17.7 Å². The van der Waals surface area contributed by atoms with E-state index in [1.165, 1.54) is 0 Å². The Morgan fingerprint density at radius 2 is 2.10 bits per heavy atom. The van der Waals surface area contributed by atoms with Crippen LogP contribution in [0.5, 0.6) is 0 Å². The summed E-state index contributed by atoms with van der Waals surface area (Å²) >= 11 is 3.55. The van der Waals surface area contributed by atoms with Crippen LogP contribution in [0.4, 0.5) is 0 Å². The molecule has 0 spiro atoms. The summed E-state index contributed by atoms with van der Waals surface area (Å²) in [5.41, 5.74) is 10.3. The lowest BCUT2D eigenvalue weighted by atomic mass is 10.0. The zero-order chi connectivity index (χ0) is 14.7. The van der Waals surface area contributed by atoms with E-state index in [-0.39, 0.29) is 6.04 Å². The lowest BCUT2D eigenvalue weighted by Gasteiger charge is -2.17. The van der Waals surface area contributed by atoms with Crippen molar-refractivity contribution in [2.24, 2.45) is 5.73 Å². The normalized spacial score (nSPS) is 12.7. The summed E-state index contributed by atoms with van der Waals surface area (Å²) in [5.74, 6) is 0. The molecule has 2 heterocycles. The molecule has 5 nitrogen and oxygen atoms in total. The first-order valence-electron chi connectivity index (χ1n) is 6.88. The van der Waals surface area contributed by atoms with Gasteiger partial charge in [0.25, 0.3) is 0 Å². The lowest BCUT2D eigenvalue weighted by molar-refractivity contribution is 0.556. The van der Waals surface area contributed by atoms with Gasteiger partial charge >= 0.3 is 0 Å². The van der Waals surface area contributed by atoms with Gasteiger partial charge in [0.2, 0.25) is 0 Å². The quantitative estimate of drug-likeness (QED) is 0.910. The molecule has 0 amide bonds. The summed E-state index contributed by atoms with van der Waals surface area (Å²) in [6.07, 6.45) is 3.63. The number of aryl methyl sites for hydroxylation is 3. The smallest absolute Gasteiger partial charge is 0.0753 e. The topological polar surface area (TPSA) is 69.6 Å². The second kappa shape index (κ2) is 6.45. The Morgan fingerprint density at radius 1 is 1.35 bits per heavy atom. The molecule has 6 heteroatoms. The van der Waals surface area contributed by atoms with Crippen molar-refractivity contribution < 1.29 is 0 Å². The average Bonchev–Trinajstić information content (AvgIpc) is 2.79. The first kappa shape index (κ1) is 15.1. The molecule has 20 heavy (non-hydrogen) atoms. The molecule has 2 N–H and O–H groups in total. The molecule has 1 unspecified atom stereocenters.